The molecule has 0 fully saturated rings. The summed E-state index contributed by atoms with van der Waals surface area (Å²) in [5.41, 5.74) is 1.06. The van der Waals surface area contributed by atoms with Crippen molar-refractivity contribution in [3.05, 3.63) is 59.2 Å². The third kappa shape index (κ3) is 22.8. The number of carbonyl (C=O) groups is 3. The minimum atomic E-state index is -0.730. The van der Waals surface area contributed by atoms with Crippen molar-refractivity contribution in [3.63, 3.8) is 0 Å². The molecule has 0 aliphatic carbocycles. The zero-order chi connectivity index (χ0) is 27.2. The Morgan fingerprint density at radius 2 is 1.35 bits per heavy atom. The van der Waals surface area contributed by atoms with Crippen LogP contribution in [0.25, 0.3) is 0 Å². The number of hydrogen-bond acceptors (Lipinski definition) is 9. The maximum absolute atomic E-state index is 13.2. The second kappa shape index (κ2) is 29.3. The molecule has 0 aromatic heterocycles. The van der Waals surface area contributed by atoms with Crippen molar-refractivity contribution in [1.82, 2.24) is 0 Å². The fourth-order valence-electron chi connectivity index (χ4n) is 2.24. The topological polar surface area (TPSA) is 131 Å². The van der Waals surface area contributed by atoms with Crippen molar-refractivity contribution in [2.24, 2.45) is 0 Å². The van der Waals surface area contributed by atoms with E-state index < -0.39 is 23.4 Å². The summed E-state index contributed by atoms with van der Waals surface area (Å²) in [6, 6.07) is 8.21. The number of rotatable bonds is 8. The molecule has 37 heavy (non-hydrogen) atoms. The molecule has 197 valence electrons. The normalized spacial score (nSPS) is 8.43. The van der Waals surface area contributed by atoms with Gasteiger partial charge in [0.15, 0.2) is 23.1 Å². The van der Waals surface area contributed by atoms with E-state index in [9.17, 15) is 18.4 Å². The van der Waals surface area contributed by atoms with Gasteiger partial charge >= 0.3 is 63.3 Å². The Morgan fingerprint density at radius 1 is 0.946 bits per heavy atom. The smallest absolute Gasteiger partial charge is 0.662 e. The van der Waals surface area contributed by atoms with Crippen molar-refractivity contribution >= 4 is 92.4 Å². The van der Waals surface area contributed by atoms with E-state index >= 15 is 0 Å². The van der Waals surface area contributed by atoms with Gasteiger partial charge in [0.25, 0.3) is 6.47 Å². The zero-order valence-corrected chi connectivity index (χ0v) is 30.1. The van der Waals surface area contributed by atoms with Gasteiger partial charge in [-0.15, -0.1) is 0 Å². The third-order valence-corrected chi connectivity index (χ3v) is 3.58. The molecule has 14 heteroatoms. The van der Waals surface area contributed by atoms with E-state index in [1.54, 1.807) is 19.9 Å². The zero-order valence-electron chi connectivity index (χ0n) is 21.7. The second-order valence-corrected chi connectivity index (χ2v) is 5.91. The summed E-state index contributed by atoms with van der Waals surface area (Å²) in [4.78, 5) is 35.3. The van der Waals surface area contributed by atoms with Crippen LogP contribution in [0.15, 0.2) is 36.4 Å². The van der Waals surface area contributed by atoms with E-state index in [1.165, 1.54) is 31.4 Å². The average molecular weight is 692 g/mol. The van der Waals surface area contributed by atoms with Gasteiger partial charge in [0.1, 0.15) is 0 Å². The van der Waals surface area contributed by atoms with Gasteiger partial charge in [0.05, 0.1) is 33.2 Å². The molecule has 0 atom stereocenters. The second-order valence-electron chi connectivity index (χ2n) is 5.91. The molecular weight excluding hydrogens is 663 g/mol. The predicted octanol–water partition coefficient (Wildman–Crippen LogP) is -0.314. The molecule has 0 aliphatic heterocycles. The fourth-order valence-corrected chi connectivity index (χ4v) is 2.24. The Hall–Kier alpha value is 0.273. The predicted molar refractivity (Wildman–Crippen MR) is 135 cm³/mol. The molecule has 0 spiro atoms. The van der Waals surface area contributed by atoms with Gasteiger partial charge in [-0.2, -0.15) is 0 Å². The van der Waals surface area contributed by atoms with Crippen molar-refractivity contribution in [1.29, 1.82) is 0 Å². The Balaban J connectivity index is -0.000000233. The molecule has 0 heterocycles. The minimum Gasteiger partial charge on any atom is -0.662 e. The van der Waals surface area contributed by atoms with E-state index in [4.69, 9.17) is 29.4 Å². The molecule has 0 aliphatic rings. The number of aromatic hydroxyl groups is 1. The largest absolute Gasteiger partial charge is 1.00 e. The molecule has 1 N–H and O–H groups in total. The molecule has 2 aromatic carbocycles. The molecule has 0 bridgehead atoms. The number of halogens is 3. The van der Waals surface area contributed by atoms with Crippen LogP contribution in [0.4, 0.5) is 8.78 Å². The molecule has 9 nitrogen and oxygen atoms in total. The van der Waals surface area contributed by atoms with Crippen molar-refractivity contribution in [2.75, 3.05) is 25.3 Å². The van der Waals surface area contributed by atoms with Gasteiger partial charge in [0.2, 0.25) is 0 Å². The first-order valence-corrected chi connectivity index (χ1v) is 12.1. The maximum atomic E-state index is 13.2. The van der Waals surface area contributed by atoms with Crippen molar-refractivity contribution in [2.45, 2.75) is 26.7 Å². The van der Waals surface area contributed by atoms with Crippen LogP contribution in [0.2, 0.25) is 0 Å². The van der Waals surface area contributed by atoms with Crippen LogP contribution >= 0.6 is 22.6 Å². The molecule has 2 aromatic rings. The van der Waals surface area contributed by atoms with Gasteiger partial charge in [0, 0.05) is 51.4 Å². The quantitative estimate of drug-likeness (QED) is 0.0754. The van der Waals surface area contributed by atoms with Crippen molar-refractivity contribution < 1.29 is 104 Å². The summed E-state index contributed by atoms with van der Waals surface area (Å²) < 4.78 is 40.2. The minimum absolute atomic E-state index is 0. The molecule has 0 unspecified atom stereocenters. The number of phenolic OH excluding ortho intramolecular Hbond substituents is 1. The summed E-state index contributed by atoms with van der Waals surface area (Å²) in [6.07, 6.45) is 0.0970. The number of methoxy groups -OCH3 is 1. The van der Waals surface area contributed by atoms with E-state index in [0.29, 0.717) is 24.3 Å². The number of alkyl halides is 1. The number of benzene rings is 2. The van der Waals surface area contributed by atoms with Crippen LogP contribution in [-0.4, -0.2) is 100 Å². The SMILES string of the molecule is CCOC(=O)Cc1ccc(O)c(F)c1.CCOC(=O)Cc1ccc(OC)c(F)c1.CI.O=CO[O-].[K+].[K]. The molecule has 0 saturated carbocycles. The summed E-state index contributed by atoms with van der Waals surface area (Å²) in [6.45, 7) is 3.89. The van der Waals surface area contributed by atoms with Crippen LogP contribution in [-0.2, 0) is 41.6 Å². The Kier molecular flexibility index (Phi) is 35.0. The van der Waals surface area contributed by atoms with E-state index in [1.807, 2.05) is 4.93 Å². The van der Waals surface area contributed by atoms with Gasteiger partial charge in [-0.1, -0.05) is 34.7 Å². The Morgan fingerprint density at radius 3 is 1.68 bits per heavy atom. The summed E-state index contributed by atoms with van der Waals surface area (Å²) in [5.74, 6) is -2.22. The van der Waals surface area contributed by atoms with Crippen molar-refractivity contribution in [3.8, 4) is 11.5 Å². The van der Waals surface area contributed by atoms with Crippen LogP contribution in [0.5, 0.6) is 11.5 Å². The Bertz CT molecular complexity index is 907. The number of phenols is 1. The van der Waals surface area contributed by atoms with Crippen LogP contribution in [0.1, 0.15) is 25.0 Å². The van der Waals surface area contributed by atoms with Crippen LogP contribution in [0, 0.1) is 11.6 Å². The number of hydrogen-bond donors (Lipinski definition) is 1. The number of ether oxygens (including phenoxy) is 3. The first kappa shape index (κ1) is 44.3. The molecular formula is C23H28F2IK2O9. The van der Waals surface area contributed by atoms with Crippen LogP contribution in [0.3, 0.4) is 0 Å². The summed E-state index contributed by atoms with van der Waals surface area (Å²) >= 11 is 2.15. The van der Waals surface area contributed by atoms with E-state index in [2.05, 4.69) is 27.5 Å². The third-order valence-electron chi connectivity index (χ3n) is 3.58. The summed E-state index contributed by atoms with van der Waals surface area (Å²) in [5, 5.41) is 17.3. The Labute approximate surface area is 313 Å². The number of esters is 2. The monoisotopic (exact) mass is 691 g/mol. The van der Waals surface area contributed by atoms with E-state index in [0.717, 1.165) is 6.07 Å². The van der Waals surface area contributed by atoms with E-state index in [-0.39, 0.29) is 134 Å². The average Bonchev–Trinajstić information content (AvgIpc) is 2.84. The number of carbonyl (C=O) groups excluding carboxylic acids is 3. The molecule has 1 radical (unpaired) electrons. The van der Waals surface area contributed by atoms with Gasteiger partial charge in [-0.25, -0.2) is 8.78 Å². The fraction of sp³-hybridized carbons (Fsp3) is 0.348. The first-order valence-electron chi connectivity index (χ1n) is 9.93. The molecule has 2 rings (SSSR count). The summed E-state index contributed by atoms with van der Waals surface area (Å²) in [7, 11) is 1.39. The standard InChI is InChI=1S/C11H13FO3.C10H11FO3.CH3I.CH2O3.2K/c1-3-15-11(13)7-8-4-5-10(14-2)9(12)6-8;1-2-14-10(13)6-7-3-4-9(12)8(11)5-7;1-2;2-1-4-3;;/h4-6H,3,7H2,1-2H3;3-5,12H,2,6H2,1H3;1H3;1,3H;;/q;;;;;+1/p-1. The first-order chi connectivity index (χ1) is 16.7. The maximum Gasteiger partial charge on any atom is 1.00 e. The van der Waals surface area contributed by atoms with Gasteiger partial charge in [-0.05, 0) is 54.2 Å². The molecule has 0 saturated heterocycles. The van der Waals surface area contributed by atoms with Gasteiger partial charge in [-0.3, -0.25) is 14.4 Å². The van der Waals surface area contributed by atoms with Crippen LogP contribution < -0.4 is 61.4 Å². The molecule has 0 amide bonds. The van der Waals surface area contributed by atoms with Gasteiger partial charge < -0.3 is 29.5 Å².